The summed E-state index contributed by atoms with van der Waals surface area (Å²) in [4.78, 5) is 9.61. The fraction of sp³-hybridized carbons (Fsp3) is 0.455. The van der Waals surface area contributed by atoms with E-state index in [4.69, 9.17) is 0 Å². The van der Waals surface area contributed by atoms with Crippen molar-refractivity contribution in [1.29, 1.82) is 0 Å². The Bertz CT molecular complexity index is 588. The Hall–Kier alpha value is -1.32. The second kappa shape index (κ2) is 6.91. The Balaban J connectivity index is 2.93. The lowest BCUT2D eigenvalue weighted by atomic mass is 10.2. The van der Waals surface area contributed by atoms with Crippen LogP contribution in [-0.2, 0) is 10.0 Å². The summed E-state index contributed by atoms with van der Waals surface area (Å²) >= 11 is 1.61. The van der Waals surface area contributed by atoms with Crippen LogP contribution in [0.25, 0.3) is 0 Å². The molecule has 0 aliphatic rings. The molecule has 1 aromatic rings. The topological polar surface area (TPSA) is 110 Å². The smallest absolute Gasteiger partial charge is 0.312 e. The van der Waals surface area contributed by atoms with Gasteiger partial charge in [-0.2, -0.15) is 11.8 Å². The van der Waals surface area contributed by atoms with E-state index >= 15 is 0 Å². The van der Waals surface area contributed by atoms with Gasteiger partial charge in [0.25, 0.3) is 0 Å². The lowest BCUT2D eigenvalue weighted by Crippen LogP contribution is -2.29. The van der Waals surface area contributed by atoms with Crippen molar-refractivity contribution in [2.75, 3.05) is 18.6 Å². The molecular weight excluding hydrogens is 304 g/mol. The van der Waals surface area contributed by atoms with Crippen LogP contribution in [0.5, 0.6) is 5.75 Å². The molecule has 0 spiro atoms. The van der Waals surface area contributed by atoms with E-state index in [1.807, 2.05) is 13.2 Å². The van der Waals surface area contributed by atoms with Gasteiger partial charge in [-0.1, -0.05) is 6.92 Å². The minimum atomic E-state index is -3.82. The monoisotopic (exact) mass is 320 g/mol. The number of hydrogen-bond acceptors (Lipinski definition) is 6. The minimum Gasteiger partial charge on any atom is -0.502 e. The maximum absolute atomic E-state index is 12.0. The maximum Gasteiger partial charge on any atom is 0.312 e. The molecule has 0 aliphatic heterocycles. The molecule has 0 saturated carbocycles. The Morgan fingerprint density at radius 2 is 2.15 bits per heavy atom. The van der Waals surface area contributed by atoms with Gasteiger partial charge in [-0.25, -0.2) is 13.1 Å². The van der Waals surface area contributed by atoms with E-state index in [2.05, 4.69) is 4.72 Å². The first kappa shape index (κ1) is 16.7. The molecule has 0 amide bonds. The molecule has 0 heterocycles. The molecule has 0 fully saturated rings. The average molecular weight is 320 g/mol. The number of nitrogens with zero attached hydrogens (tertiary/aromatic N) is 1. The molecule has 0 radical (unpaired) electrons. The fourth-order valence-electron chi connectivity index (χ4n) is 1.50. The molecular formula is C11H16N2O5S2. The van der Waals surface area contributed by atoms with Crippen molar-refractivity contribution < 1.29 is 18.4 Å². The molecule has 1 rings (SSSR count). The number of sulfonamides is 1. The van der Waals surface area contributed by atoms with Crippen LogP contribution < -0.4 is 4.72 Å². The van der Waals surface area contributed by atoms with E-state index in [-0.39, 0.29) is 17.4 Å². The fourth-order valence-corrected chi connectivity index (χ4v) is 3.37. The first-order valence-electron chi connectivity index (χ1n) is 5.74. The van der Waals surface area contributed by atoms with Crippen LogP contribution in [0.2, 0.25) is 0 Å². The van der Waals surface area contributed by atoms with Crippen molar-refractivity contribution in [2.45, 2.75) is 11.8 Å². The SMILES string of the molecule is CSCC(C)CNS(=O)(=O)c1ccc(O)c([N+](=O)[O-])c1. The molecule has 9 heteroatoms. The average Bonchev–Trinajstić information content (AvgIpc) is 2.37. The van der Waals surface area contributed by atoms with Crippen LogP contribution in [0.3, 0.4) is 0 Å². The molecule has 20 heavy (non-hydrogen) atoms. The number of hydrogen-bond donors (Lipinski definition) is 2. The van der Waals surface area contributed by atoms with Crippen molar-refractivity contribution >= 4 is 27.5 Å². The third-order valence-corrected chi connectivity index (χ3v) is 4.85. The number of aromatic hydroxyl groups is 1. The predicted octanol–water partition coefficient (Wildman–Crippen LogP) is 1.58. The second-order valence-corrected chi connectivity index (χ2v) is 7.00. The second-order valence-electron chi connectivity index (χ2n) is 4.32. The van der Waals surface area contributed by atoms with Crippen LogP contribution in [-0.4, -0.2) is 37.0 Å². The number of nitro groups is 1. The van der Waals surface area contributed by atoms with Gasteiger partial charge in [0, 0.05) is 12.6 Å². The highest BCUT2D eigenvalue weighted by Gasteiger charge is 2.21. The third-order valence-electron chi connectivity index (χ3n) is 2.53. The lowest BCUT2D eigenvalue weighted by molar-refractivity contribution is -0.386. The van der Waals surface area contributed by atoms with E-state index in [9.17, 15) is 23.6 Å². The highest BCUT2D eigenvalue weighted by atomic mass is 32.2. The summed E-state index contributed by atoms with van der Waals surface area (Å²) < 4.78 is 26.4. The van der Waals surface area contributed by atoms with E-state index in [1.54, 1.807) is 11.8 Å². The third kappa shape index (κ3) is 4.36. The van der Waals surface area contributed by atoms with Gasteiger partial charge in [0.05, 0.1) is 9.82 Å². The Morgan fingerprint density at radius 1 is 1.50 bits per heavy atom. The molecule has 0 aromatic heterocycles. The molecule has 1 aromatic carbocycles. The number of thioether (sulfide) groups is 1. The minimum absolute atomic E-state index is 0.145. The van der Waals surface area contributed by atoms with Gasteiger partial charge in [0.1, 0.15) is 0 Å². The van der Waals surface area contributed by atoms with E-state index < -0.39 is 26.4 Å². The molecule has 2 N–H and O–H groups in total. The van der Waals surface area contributed by atoms with Gasteiger partial charge in [0.15, 0.2) is 5.75 Å². The van der Waals surface area contributed by atoms with E-state index in [0.29, 0.717) is 0 Å². The highest BCUT2D eigenvalue weighted by Crippen LogP contribution is 2.28. The molecule has 1 atom stereocenters. The first-order chi connectivity index (χ1) is 9.27. The largest absolute Gasteiger partial charge is 0.502 e. The molecule has 7 nitrogen and oxygen atoms in total. The summed E-state index contributed by atoms with van der Waals surface area (Å²) in [5.74, 6) is 0.384. The number of rotatable bonds is 7. The van der Waals surface area contributed by atoms with Crippen molar-refractivity contribution in [2.24, 2.45) is 5.92 Å². The molecule has 112 valence electrons. The molecule has 0 bridgehead atoms. The Labute approximate surface area is 121 Å². The zero-order valence-electron chi connectivity index (χ0n) is 11.1. The van der Waals surface area contributed by atoms with Crippen molar-refractivity contribution in [3.05, 3.63) is 28.3 Å². The van der Waals surface area contributed by atoms with Gasteiger partial charge in [0.2, 0.25) is 10.0 Å². The molecule has 0 saturated heterocycles. The summed E-state index contributed by atoms with van der Waals surface area (Å²) in [6.45, 7) is 2.15. The summed E-state index contributed by atoms with van der Waals surface area (Å²) in [6, 6.07) is 2.97. The zero-order chi connectivity index (χ0) is 15.3. The van der Waals surface area contributed by atoms with Gasteiger partial charge in [-0.05, 0) is 30.1 Å². The predicted molar refractivity (Wildman–Crippen MR) is 77.5 cm³/mol. The Morgan fingerprint density at radius 3 is 2.70 bits per heavy atom. The van der Waals surface area contributed by atoms with Crippen molar-refractivity contribution in [3.63, 3.8) is 0 Å². The summed E-state index contributed by atoms with van der Waals surface area (Å²) in [5.41, 5.74) is -0.634. The van der Waals surface area contributed by atoms with Gasteiger partial charge >= 0.3 is 5.69 Å². The van der Waals surface area contributed by atoms with Gasteiger partial charge in [-0.3, -0.25) is 10.1 Å². The van der Waals surface area contributed by atoms with Crippen LogP contribution in [0.15, 0.2) is 23.1 Å². The van der Waals surface area contributed by atoms with Crippen molar-refractivity contribution in [3.8, 4) is 5.75 Å². The van der Waals surface area contributed by atoms with Gasteiger partial charge < -0.3 is 5.11 Å². The van der Waals surface area contributed by atoms with Crippen LogP contribution >= 0.6 is 11.8 Å². The van der Waals surface area contributed by atoms with Crippen LogP contribution in [0, 0.1) is 16.0 Å². The van der Waals surface area contributed by atoms with Crippen molar-refractivity contribution in [1.82, 2.24) is 4.72 Å². The summed E-state index contributed by atoms with van der Waals surface area (Å²) in [5, 5.41) is 20.0. The number of nitrogens with one attached hydrogen (secondary N) is 1. The number of phenolic OH excluding ortho intramolecular Hbond substituents is 1. The maximum atomic E-state index is 12.0. The Kier molecular flexibility index (Phi) is 5.78. The summed E-state index contributed by atoms with van der Waals surface area (Å²) in [7, 11) is -3.82. The summed E-state index contributed by atoms with van der Waals surface area (Å²) in [6.07, 6.45) is 1.92. The normalized spacial score (nSPS) is 13.1. The first-order valence-corrected chi connectivity index (χ1v) is 8.61. The zero-order valence-corrected chi connectivity index (χ0v) is 12.7. The quantitative estimate of drug-likeness (QED) is 0.583. The lowest BCUT2D eigenvalue weighted by Gasteiger charge is -2.11. The van der Waals surface area contributed by atoms with E-state index in [1.165, 1.54) is 0 Å². The van der Waals surface area contributed by atoms with Crippen LogP contribution in [0.1, 0.15) is 6.92 Å². The number of benzene rings is 1. The molecule has 1 unspecified atom stereocenters. The number of phenols is 1. The van der Waals surface area contributed by atoms with Gasteiger partial charge in [-0.15, -0.1) is 0 Å². The molecule has 0 aliphatic carbocycles. The number of nitro benzene ring substituents is 1. The van der Waals surface area contributed by atoms with Crippen LogP contribution in [0.4, 0.5) is 5.69 Å². The van der Waals surface area contributed by atoms with E-state index in [0.717, 1.165) is 24.0 Å². The standard InChI is InChI=1S/C11H16N2O5S2/c1-8(7-19-2)6-12-20(17,18)9-3-4-11(14)10(5-9)13(15)16/h3-5,8,12,14H,6-7H2,1-2H3. The highest BCUT2D eigenvalue weighted by molar-refractivity contribution is 7.98.